The van der Waals surface area contributed by atoms with Crippen LogP contribution in [0.2, 0.25) is 0 Å². The smallest absolute Gasteiger partial charge is 0.129 e. The third kappa shape index (κ3) is 3.87. The lowest BCUT2D eigenvalue weighted by molar-refractivity contribution is 0.0113. The van der Waals surface area contributed by atoms with Crippen molar-refractivity contribution in [3.8, 4) is 11.5 Å². The Morgan fingerprint density at radius 2 is 2.10 bits per heavy atom. The van der Waals surface area contributed by atoms with Gasteiger partial charge in [-0.2, -0.15) is 0 Å². The van der Waals surface area contributed by atoms with Crippen molar-refractivity contribution in [2.45, 2.75) is 51.2 Å². The molecule has 0 amide bonds. The summed E-state index contributed by atoms with van der Waals surface area (Å²) in [6.45, 7) is 4.81. The zero-order chi connectivity index (χ0) is 14.6. The molecule has 1 aromatic carbocycles. The summed E-state index contributed by atoms with van der Waals surface area (Å²) in [5.41, 5.74) is 0.476. The van der Waals surface area contributed by atoms with Gasteiger partial charge < -0.3 is 19.7 Å². The van der Waals surface area contributed by atoms with Crippen molar-refractivity contribution in [2.24, 2.45) is 0 Å². The molecule has 2 N–H and O–H groups in total. The summed E-state index contributed by atoms with van der Waals surface area (Å²) in [4.78, 5) is 0. The Bertz CT molecular complexity index is 442. The predicted molar refractivity (Wildman–Crippen MR) is 77.2 cm³/mol. The fourth-order valence-corrected chi connectivity index (χ4v) is 2.46. The molecule has 1 atom stereocenters. The van der Waals surface area contributed by atoms with Crippen LogP contribution in [0.3, 0.4) is 0 Å². The summed E-state index contributed by atoms with van der Waals surface area (Å²) in [6, 6.07) is 5.60. The van der Waals surface area contributed by atoms with Gasteiger partial charge in [0.1, 0.15) is 17.1 Å². The second-order valence-corrected chi connectivity index (χ2v) is 5.91. The number of hydrogen-bond donors (Lipinski definition) is 2. The molecule has 4 nitrogen and oxygen atoms in total. The zero-order valence-electron chi connectivity index (χ0n) is 12.3. The highest BCUT2D eigenvalue weighted by Crippen LogP contribution is 2.41. The maximum absolute atomic E-state index is 10.1. The molecule has 0 saturated carbocycles. The largest absolute Gasteiger partial charge is 0.493 e. The van der Waals surface area contributed by atoms with Gasteiger partial charge in [-0.1, -0.05) is 0 Å². The SMILES string of the molecule is CC1(C)CC(O)c2ccc(OCCCCCO)cc2O1. The number of unbranched alkanes of at least 4 members (excludes halogenated alkanes) is 2. The molecule has 0 radical (unpaired) electrons. The van der Waals surface area contributed by atoms with Crippen LogP contribution in [-0.2, 0) is 0 Å². The second-order valence-electron chi connectivity index (χ2n) is 5.91. The standard InChI is InChI=1S/C16H24O4/c1-16(2)11-14(18)13-7-6-12(10-15(13)20-16)19-9-5-3-4-8-17/h6-7,10,14,17-18H,3-5,8-9,11H2,1-2H3. The van der Waals surface area contributed by atoms with E-state index in [0.717, 1.165) is 30.6 Å². The van der Waals surface area contributed by atoms with E-state index in [4.69, 9.17) is 14.6 Å². The molecular formula is C16H24O4. The van der Waals surface area contributed by atoms with Gasteiger partial charge in [0.05, 0.1) is 12.7 Å². The lowest BCUT2D eigenvalue weighted by atomic mass is 9.92. The lowest BCUT2D eigenvalue weighted by Gasteiger charge is -2.35. The molecule has 0 spiro atoms. The first kappa shape index (κ1) is 15.1. The van der Waals surface area contributed by atoms with Crippen LogP contribution in [0, 0.1) is 0 Å². The van der Waals surface area contributed by atoms with Gasteiger partial charge in [-0.15, -0.1) is 0 Å². The van der Waals surface area contributed by atoms with Crippen LogP contribution in [0.25, 0.3) is 0 Å². The highest BCUT2D eigenvalue weighted by atomic mass is 16.5. The average Bonchev–Trinajstić information content (AvgIpc) is 2.36. The van der Waals surface area contributed by atoms with Crippen LogP contribution < -0.4 is 9.47 Å². The van der Waals surface area contributed by atoms with Gasteiger partial charge in [0, 0.05) is 24.7 Å². The number of hydrogen-bond acceptors (Lipinski definition) is 4. The molecule has 2 rings (SSSR count). The molecule has 1 heterocycles. The lowest BCUT2D eigenvalue weighted by Crippen LogP contribution is -2.34. The van der Waals surface area contributed by atoms with Crippen molar-refractivity contribution < 1.29 is 19.7 Å². The van der Waals surface area contributed by atoms with Gasteiger partial charge >= 0.3 is 0 Å². The van der Waals surface area contributed by atoms with Gasteiger partial charge in [0.25, 0.3) is 0 Å². The summed E-state index contributed by atoms with van der Waals surface area (Å²) >= 11 is 0. The molecular weight excluding hydrogens is 256 g/mol. The number of aliphatic hydroxyl groups excluding tert-OH is 2. The quantitative estimate of drug-likeness (QED) is 0.787. The summed E-state index contributed by atoms with van der Waals surface area (Å²) in [7, 11) is 0. The first-order valence-corrected chi connectivity index (χ1v) is 7.26. The maximum atomic E-state index is 10.1. The number of fused-ring (bicyclic) bond motifs is 1. The van der Waals surface area contributed by atoms with Crippen LogP contribution in [0.5, 0.6) is 11.5 Å². The Labute approximate surface area is 120 Å². The van der Waals surface area contributed by atoms with E-state index >= 15 is 0 Å². The molecule has 1 aromatic rings. The minimum atomic E-state index is -0.479. The van der Waals surface area contributed by atoms with Gasteiger partial charge in [-0.05, 0) is 45.2 Å². The Balaban J connectivity index is 1.97. The fourth-order valence-electron chi connectivity index (χ4n) is 2.46. The zero-order valence-corrected chi connectivity index (χ0v) is 12.3. The maximum Gasteiger partial charge on any atom is 0.129 e. The number of ether oxygens (including phenoxy) is 2. The second kappa shape index (κ2) is 6.46. The molecule has 20 heavy (non-hydrogen) atoms. The highest BCUT2D eigenvalue weighted by Gasteiger charge is 2.32. The molecule has 112 valence electrons. The van der Waals surface area contributed by atoms with Gasteiger partial charge in [0.15, 0.2) is 0 Å². The van der Waals surface area contributed by atoms with Crippen LogP contribution in [-0.4, -0.2) is 29.0 Å². The molecule has 1 unspecified atom stereocenters. The Morgan fingerprint density at radius 3 is 2.85 bits per heavy atom. The minimum Gasteiger partial charge on any atom is -0.493 e. The van der Waals surface area contributed by atoms with E-state index in [0.29, 0.717) is 18.8 Å². The number of rotatable bonds is 6. The van der Waals surface area contributed by atoms with E-state index in [1.54, 1.807) is 0 Å². The van der Waals surface area contributed by atoms with Crippen LogP contribution in [0.4, 0.5) is 0 Å². The third-order valence-electron chi connectivity index (χ3n) is 3.49. The van der Waals surface area contributed by atoms with Crippen molar-refractivity contribution in [3.05, 3.63) is 23.8 Å². The summed E-state index contributed by atoms with van der Waals surface area (Å²) in [5.74, 6) is 1.47. The van der Waals surface area contributed by atoms with E-state index < -0.39 is 6.10 Å². The molecule has 1 aliphatic rings. The molecule has 0 saturated heterocycles. The van der Waals surface area contributed by atoms with E-state index in [1.807, 2.05) is 32.0 Å². The van der Waals surface area contributed by atoms with E-state index in [1.165, 1.54) is 0 Å². The first-order valence-electron chi connectivity index (χ1n) is 7.26. The predicted octanol–water partition coefficient (Wildman–Crippen LogP) is 2.82. The topological polar surface area (TPSA) is 58.9 Å². The summed E-state index contributed by atoms with van der Waals surface area (Å²) in [5, 5.41) is 18.8. The highest BCUT2D eigenvalue weighted by molar-refractivity contribution is 5.43. The normalized spacial score (nSPS) is 20.1. The number of aliphatic hydroxyl groups is 2. The van der Waals surface area contributed by atoms with Crippen molar-refractivity contribution in [1.29, 1.82) is 0 Å². The van der Waals surface area contributed by atoms with Crippen molar-refractivity contribution in [3.63, 3.8) is 0 Å². The molecule has 1 aliphatic heterocycles. The van der Waals surface area contributed by atoms with Crippen molar-refractivity contribution >= 4 is 0 Å². The fraction of sp³-hybridized carbons (Fsp3) is 0.625. The Morgan fingerprint density at radius 1 is 1.30 bits per heavy atom. The summed E-state index contributed by atoms with van der Waals surface area (Å²) in [6.07, 6.45) is 2.82. The molecule has 0 aliphatic carbocycles. The first-order chi connectivity index (χ1) is 9.52. The van der Waals surface area contributed by atoms with Gasteiger partial charge in [0.2, 0.25) is 0 Å². The molecule has 0 bridgehead atoms. The Kier molecular flexibility index (Phi) is 4.89. The van der Waals surface area contributed by atoms with E-state index in [9.17, 15) is 5.11 Å². The van der Waals surface area contributed by atoms with Gasteiger partial charge in [-0.25, -0.2) is 0 Å². The number of benzene rings is 1. The monoisotopic (exact) mass is 280 g/mol. The van der Waals surface area contributed by atoms with E-state index in [-0.39, 0.29) is 12.2 Å². The minimum absolute atomic E-state index is 0.236. The van der Waals surface area contributed by atoms with Crippen LogP contribution >= 0.6 is 0 Å². The van der Waals surface area contributed by atoms with Gasteiger partial charge in [-0.3, -0.25) is 0 Å². The van der Waals surface area contributed by atoms with Crippen molar-refractivity contribution in [1.82, 2.24) is 0 Å². The average molecular weight is 280 g/mol. The molecule has 4 heteroatoms. The van der Waals surface area contributed by atoms with Crippen LogP contribution in [0.15, 0.2) is 18.2 Å². The summed E-state index contributed by atoms with van der Waals surface area (Å²) < 4.78 is 11.6. The van der Waals surface area contributed by atoms with E-state index in [2.05, 4.69) is 0 Å². The van der Waals surface area contributed by atoms with Crippen LogP contribution in [0.1, 0.15) is 51.2 Å². The Hall–Kier alpha value is -1.26. The molecule has 0 fully saturated rings. The molecule has 0 aromatic heterocycles. The third-order valence-corrected chi connectivity index (χ3v) is 3.49. The van der Waals surface area contributed by atoms with Crippen molar-refractivity contribution in [2.75, 3.05) is 13.2 Å².